The van der Waals surface area contributed by atoms with Crippen LogP contribution in [0.3, 0.4) is 0 Å². The molecular formula is C10H11N3O2S. The van der Waals surface area contributed by atoms with Crippen LogP contribution >= 0.6 is 11.3 Å². The number of rotatable bonds is 2. The molecule has 16 heavy (non-hydrogen) atoms. The Balaban J connectivity index is 1.87. The van der Waals surface area contributed by atoms with Gasteiger partial charge in [0.1, 0.15) is 11.8 Å². The van der Waals surface area contributed by atoms with E-state index < -0.39 is 0 Å². The highest BCUT2D eigenvalue weighted by Gasteiger charge is 2.24. The number of hydrogen-bond acceptors (Lipinski definition) is 5. The molecule has 0 saturated heterocycles. The predicted octanol–water partition coefficient (Wildman–Crippen LogP) is 1.10. The van der Waals surface area contributed by atoms with Crippen molar-refractivity contribution < 1.29 is 9.84 Å². The molecule has 3 rings (SSSR count). The van der Waals surface area contributed by atoms with Crippen LogP contribution in [0.1, 0.15) is 23.1 Å². The van der Waals surface area contributed by atoms with E-state index in [4.69, 9.17) is 9.84 Å². The fourth-order valence-corrected chi connectivity index (χ4v) is 2.55. The number of aliphatic hydroxyl groups excluding tert-OH is 1. The molecule has 0 saturated carbocycles. The maximum Gasteiger partial charge on any atom is 0.114 e. The summed E-state index contributed by atoms with van der Waals surface area (Å²) in [5, 5.41) is 21.1. The van der Waals surface area contributed by atoms with E-state index in [1.807, 2.05) is 10.1 Å². The second-order valence-corrected chi connectivity index (χ2v) is 4.46. The largest absolute Gasteiger partial charge is 0.390 e. The summed E-state index contributed by atoms with van der Waals surface area (Å²) < 4.78 is 7.56. The molecule has 2 aromatic rings. The van der Waals surface area contributed by atoms with Gasteiger partial charge in [0.15, 0.2) is 0 Å². The molecule has 5 nitrogen and oxygen atoms in total. The van der Waals surface area contributed by atoms with Crippen LogP contribution in [0.15, 0.2) is 16.8 Å². The van der Waals surface area contributed by atoms with Crippen molar-refractivity contribution in [2.24, 2.45) is 0 Å². The van der Waals surface area contributed by atoms with Gasteiger partial charge in [-0.2, -0.15) is 11.3 Å². The second kappa shape index (κ2) is 3.97. The molecule has 3 heterocycles. The van der Waals surface area contributed by atoms with Crippen LogP contribution in [0, 0.1) is 0 Å². The van der Waals surface area contributed by atoms with Gasteiger partial charge in [0.25, 0.3) is 0 Å². The highest BCUT2D eigenvalue weighted by atomic mass is 32.1. The van der Waals surface area contributed by atoms with Gasteiger partial charge in [-0.3, -0.25) is 0 Å². The summed E-state index contributed by atoms with van der Waals surface area (Å²) in [6, 6.07) is 2.06. The van der Waals surface area contributed by atoms with Gasteiger partial charge in [-0.15, -0.1) is 5.10 Å². The molecule has 1 N–H and O–H groups in total. The minimum Gasteiger partial charge on any atom is -0.390 e. The Labute approximate surface area is 96.3 Å². The third kappa shape index (κ3) is 1.55. The lowest BCUT2D eigenvalue weighted by Gasteiger charge is -2.23. The fourth-order valence-electron chi connectivity index (χ4n) is 1.85. The summed E-state index contributed by atoms with van der Waals surface area (Å²) in [4.78, 5) is 0. The normalized spacial score (nSPS) is 19.7. The van der Waals surface area contributed by atoms with E-state index in [2.05, 4.69) is 21.8 Å². The zero-order valence-electron chi connectivity index (χ0n) is 8.54. The maximum atomic E-state index is 9.06. The number of aliphatic hydroxyl groups is 1. The number of hydrogen-bond donors (Lipinski definition) is 1. The summed E-state index contributed by atoms with van der Waals surface area (Å²) in [6.45, 7) is 1.05. The molecule has 1 atom stereocenters. The molecule has 2 aromatic heterocycles. The van der Waals surface area contributed by atoms with Gasteiger partial charge in [0.05, 0.1) is 25.5 Å². The first-order chi connectivity index (χ1) is 7.88. The molecule has 0 fully saturated rings. The first kappa shape index (κ1) is 9.95. The lowest BCUT2D eigenvalue weighted by Crippen LogP contribution is -2.22. The predicted molar refractivity (Wildman–Crippen MR) is 57.8 cm³/mol. The quantitative estimate of drug-likeness (QED) is 0.849. The van der Waals surface area contributed by atoms with E-state index in [1.54, 1.807) is 11.3 Å². The number of ether oxygens (including phenoxy) is 1. The lowest BCUT2D eigenvalue weighted by atomic mass is 10.1. The topological polar surface area (TPSA) is 60.2 Å². The van der Waals surface area contributed by atoms with Crippen LogP contribution in [0.4, 0.5) is 0 Å². The first-order valence-electron chi connectivity index (χ1n) is 5.04. The standard InChI is InChI=1S/C10H11N3O2S/c14-4-8-9-5-15-10(3-13(9)12-11-8)7-1-2-16-6-7/h1-2,6,10,14H,3-5H2/t10-/m1/s1. The molecule has 0 aliphatic carbocycles. The highest BCUT2D eigenvalue weighted by molar-refractivity contribution is 7.07. The Morgan fingerprint density at radius 2 is 2.56 bits per heavy atom. The lowest BCUT2D eigenvalue weighted by molar-refractivity contribution is -0.00203. The molecule has 0 spiro atoms. The van der Waals surface area contributed by atoms with Crippen molar-refractivity contribution in [3.05, 3.63) is 33.8 Å². The smallest absolute Gasteiger partial charge is 0.114 e. The summed E-state index contributed by atoms with van der Waals surface area (Å²) in [6.07, 6.45) is 0.0481. The van der Waals surface area contributed by atoms with Crippen LogP contribution in [0.5, 0.6) is 0 Å². The molecule has 1 aliphatic rings. The van der Waals surface area contributed by atoms with Crippen LogP contribution in [-0.4, -0.2) is 20.1 Å². The maximum absolute atomic E-state index is 9.06. The van der Waals surface area contributed by atoms with Crippen LogP contribution in [-0.2, 0) is 24.5 Å². The summed E-state index contributed by atoms with van der Waals surface area (Å²) in [5.74, 6) is 0. The van der Waals surface area contributed by atoms with E-state index >= 15 is 0 Å². The van der Waals surface area contributed by atoms with Crippen molar-refractivity contribution in [1.82, 2.24) is 15.0 Å². The van der Waals surface area contributed by atoms with Crippen molar-refractivity contribution in [3.8, 4) is 0 Å². The molecular weight excluding hydrogens is 226 g/mol. The second-order valence-electron chi connectivity index (χ2n) is 3.68. The molecule has 0 aromatic carbocycles. The van der Waals surface area contributed by atoms with E-state index in [0.717, 1.165) is 5.69 Å². The summed E-state index contributed by atoms with van der Waals surface area (Å²) >= 11 is 1.66. The Morgan fingerprint density at radius 1 is 1.62 bits per heavy atom. The minimum absolute atomic E-state index is 0.0481. The third-order valence-corrected chi connectivity index (χ3v) is 3.44. The molecule has 1 aliphatic heterocycles. The van der Waals surface area contributed by atoms with Gasteiger partial charge in [-0.05, 0) is 22.4 Å². The van der Waals surface area contributed by atoms with Gasteiger partial charge in [0, 0.05) is 0 Å². The third-order valence-electron chi connectivity index (χ3n) is 2.74. The summed E-state index contributed by atoms with van der Waals surface area (Å²) in [7, 11) is 0. The van der Waals surface area contributed by atoms with Gasteiger partial charge < -0.3 is 9.84 Å². The van der Waals surface area contributed by atoms with E-state index in [9.17, 15) is 0 Å². The Kier molecular flexibility index (Phi) is 2.47. The van der Waals surface area contributed by atoms with Gasteiger partial charge in [-0.1, -0.05) is 5.21 Å². The Morgan fingerprint density at radius 3 is 3.31 bits per heavy atom. The van der Waals surface area contributed by atoms with Gasteiger partial charge in [0.2, 0.25) is 0 Å². The van der Waals surface area contributed by atoms with E-state index in [-0.39, 0.29) is 12.7 Å². The SMILES string of the molecule is OCc1nnn2c1CO[C@@H](c1ccsc1)C2. The fraction of sp³-hybridized carbons (Fsp3) is 0.400. The van der Waals surface area contributed by atoms with E-state index in [0.29, 0.717) is 18.8 Å². The summed E-state index contributed by atoms with van der Waals surface area (Å²) in [5.41, 5.74) is 2.68. The highest BCUT2D eigenvalue weighted by Crippen LogP contribution is 2.27. The van der Waals surface area contributed by atoms with Crippen molar-refractivity contribution in [2.75, 3.05) is 0 Å². The van der Waals surface area contributed by atoms with Gasteiger partial charge >= 0.3 is 0 Å². The van der Waals surface area contributed by atoms with Crippen molar-refractivity contribution >= 4 is 11.3 Å². The van der Waals surface area contributed by atoms with Crippen LogP contribution < -0.4 is 0 Å². The molecule has 0 radical (unpaired) electrons. The van der Waals surface area contributed by atoms with Crippen molar-refractivity contribution in [2.45, 2.75) is 25.9 Å². The van der Waals surface area contributed by atoms with Gasteiger partial charge in [-0.25, -0.2) is 4.68 Å². The first-order valence-corrected chi connectivity index (χ1v) is 5.98. The molecule has 0 amide bonds. The van der Waals surface area contributed by atoms with Crippen molar-refractivity contribution in [1.29, 1.82) is 0 Å². The average molecular weight is 237 g/mol. The van der Waals surface area contributed by atoms with Crippen LogP contribution in [0.2, 0.25) is 0 Å². The zero-order chi connectivity index (χ0) is 11.0. The number of aromatic nitrogens is 3. The van der Waals surface area contributed by atoms with Crippen LogP contribution in [0.25, 0.3) is 0 Å². The monoisotopic (exact) mass is 237 g/mol. The molecule has 0 bridgehead atoms. The average Bonchev–Trinajstić information content (AvgIpc) is 2.97. The molecule has 84 valence electrons. The number of thiophene rings is 1. The number of nitrogens with zero attached hydrogens (tertiary/aromatic N) is 3. The Bertz CT molecular complexity index is 480. The minimum atomic E-state index is -0.0815. The molecule has 6 heteroatoms. The number of fused-ring (bicyclic) bond motifs is 1. The molecule has 0 unspecified atom stereocenters. The van der Waals surface area contributed by atoms with Crippen molar-refractivity contribution in [3.63, 3.8) is 0 Å². The Hall–Kier alpha value is -1.24. The zero-order valence-corrected chi connectivity index (χ0v) is 9.35. The van der Waals surface area contributed by atoms with E-state index in [1.165, 1.54) is 5.56 Å².